The van der Waals surface area contributed by atoms with Crippen LogP contribution in [0.2, 0.25) is 0 Å². The van der Waals surface area contributed by atoms with Crippen molar-refractivity contribution < 1.29 is 33.2 Å². The smallest absolute Gasteiger partial charge is 0.407 e. The van der Waals surface area contributed by atoms with E-state index in [9.17, 15) is 4.79 Å². The summed E-state index contributed by atoms with van der Waals surface area (Å²) in [5.41, 5.74) is -0.494. The highest BCUT2D eigenvalue weighted by atomic mass is 16.6. The quantitative estimate of drug-likeness (QED) is 0.326. The fourth-order valence-corrected chi connectivity index (χ4v) is 1.58. The molecule has 0 saturated carbocycles. The highest BCUT2D eigenvalue weighted by Crippen LogP contribution is 2.05. The Kier molecular flexibility index (Phi) is 15.0. The number of ether oxygens (including phenoxy) is 6. The summed E-state index contributed by atoms with van der Waals surface area (Å²) in [5, 5.41) is 2.62. The topological polar surface area (TPSA) is 84.5 Å². The van der Waals surface area contributed by atoms with Gasteiger partial charge in [-0.25, -0.2) is 4.79 Å². The second-order valence-electron chi connectivity index (χ2n) is 6.43. The van der Waals surface area contributed by atoms with Gasteiger partial charge in [-0.2, -0.15) is 0 Å². The molecule has 154 valence electrons. The molecule has 0 fully saturated rings. The number of carbonyl (C=O) groups is 1. The Labute approximate surface area is 157 Å². The molecule has 0 bridgehead atoms. The van der Waals surface area contributed by atoms with Gasteiger partial charge >= 0.3 is 6.09 Å². The maximum atomic E-state index is 11.4. The molecule has 0 saturated heterocycles. The van der Waals surface area contributed by atoms with E-state index in [1.165, 1.54) is 0 Å². The van der Waals surface area contributed by atoms with Crippen LogP contribution >= 0.6 is 0 Å². The number of hydrogen-bond donors (Lipinski definition) is 1. The number of carbonyl (C=O) groups excluding carboxylic acids is 1. The van der Waals surface area contributed by atoms with Gasteiger partial charge in [-0.1, -0.05) is 6.58 Å². The van der Waals surface area contributed by atoms with Crippen molar-refractivity contribution in [2.24, 2.45) is 0 Å². The molecule has 0 aliphatic rings. The van der Waals surface area contributed by atoms with Crippen LogP contribution in [0.25, 0.3) is 0 Å². The highest BCUT2D eigenvalue weighted by Gasteiger charge is 2.15. The van der Waals surface area contributed by atoms with Crippen molar-refractivity contribution in [2.75, 3.05) is 66.0 Å². The minimum absolute atomic E-state index is 0.398. The first-order valence-electron chi connectivity index (χ1n) is 8.87. The molecule has 0 heterocycles. The van der Waals surface area contributed by atoms with Gasteiger partial charge in [0.05, 0.1) is 58.6 Å². The van der Waals surface area contributed by atoms with Crippen LogP contribution in [-0.4, -0.2) is 77.7 Å². The molecule has 0 atom stereocenters. The minimum Gasteiger partial charge on any atom is -0.496 e. The van der Waals surface area contributed by atoms with Gasteiger partial charge in [0.1, 0.15) is 12.2 Å². The average molecular weight is 377 g/mol. The SMILES string of the molecule is C=C(C)OCCOCCOCCOCCOCCNC(=O)OC(C)(C)C. The fraction of sp³-hybridized carbons (Fsp3) is 0.833. The van der Waals surface area contributed by atoms with Gasteiger partial charge in [0, 0.05) is 6.54 Å². The summed E-state index contributed by atoms with van der Waals surface area (Å²) in [6.07, 6.45) is -0.443. The molecule has 0 spiro atoms. The first-order chi connectivity index (χ1) is 12.3. The predicted octanol–water partition coefficient (Wildman–Crippen LogP) is 2.13. The standard InChI is InChI=1S/C18H35NO7/c1-16(2)25-15-14-24-13-12-23-11-10-22-9-8-21-7-6-19-17(20)26-18(3,4)5/h1,6-15H2,2-5H3,(H,19,20). The van der Waals surface area contributed by atoms with Gasteiger partial charge in [-0.15, -0.1) is 0 Å². The second-order valence-corrected chi connectivity index (χ2v) is 6.43. The molecule has 1 N–H and O–H groups in total. The molecule has 0 unspecified atom stereocenters. The second kappa shape index (κ2) is 15.9. The number of rotatable bonds is 16. The zero-order valence-electron chi connectivity index (χ0n) is 16.6. The minimum atomic E-state index is -0.494. The van der Waals surface area contributed by atoms with Crippen LogP contribution in [0.1, 0.15) is 27.7 Å². The normalized spacial score (nSPS) is 11.2. The van der Waals surface area contributed by atoms with E-state index < -0.39 is 11.7 Å². The summed E-state index contributed by atoms with van der Waals surface area (Å²) in [7, 11) is 0. The monoisotopic (exact) mass is 377 g/mol. The van der Waals surface area contributed by atoms with Crippen molar-refractivity contribution in [3.05, 3.63) is 12.3 Å². The Bertz CT molecular complexity index is 369. The summed E-state index contributed by atoms with van der Waals surface area (Å²) < 4.78 is 31.7. The molecule has 0 aromatic rings. The van der Waals surface area contributed by atoms with Crippen molar-refractivity contribution in [1.29, 1.82) is 0 Å². The van der Waals surface area contributed by atoms with Gasteiger partial charge in [0.25, 0.3) is 0 Å². The van der Waals surface area contributed by atoms with E-state index in [4.69, 9.17) is 28.4 Å². The Hall–Kier alpha value is -1.35. The van der Waals surface area contributed by atoms with Crippen LogP contribution in [0.5, 0.6) is 0 Å². The first-order valence-corrected chi connectivity index (χ1v) is 8.87. The number of amides is 1. The van der Waals surface area contributed by atoms with Crippen LogP contribution in [-0.2, 0) is 28.4 Å². The molecule has 0 rings (SSSR count). The van der Waals surface area contributed by atoms with Crippen LogP contribution in [0.4, 0.5) is 4.79 Å². The van der Waals surface area contributed by atoms with Crippen LogP contribution in [0, 0.1) is 0 Å². The largest absolute Gasteiger partial charge is 0.496 e. The number of nitrogens with one attached hydrogen (secondary N) is 1. The van der Waals surface area contributed by atoms with Crippen molar-refractivity contribution in [1.82, 2.24) is 5.32 Å². The Morgan fingerprint density at radius 2 is 1.23 bits per heavy atom. The van der Waals surface area contributed by atoms with Crippen molar-refractivity contribution in [3.8, 4) is 0 Å². The molecule has 0 aromatic heterocycles. The van der Waals surface area contributed by atoms with Crippen molar-refractivity contribution in [2.45, 2.75) is 33.3 Å². The van der Waals surface area contributed by atoms with E-state index in [-0.39, 0.29) is 0 Å². The van der Waals surface area contributed by atoms with Gasteiger partial charge in [-0.3, -0.25) is 0 Å². The summed E-state index contributed by atoms with van der Waals surface area (Å²) in [4.78, 5) is 11.4. The van der Waals surface area contributed by atoms with Gasteiger partial charge in [0.2, 0.25) is 0 Å². The number of alkyl carbamates (subject to hydrolysis) is 1. The third-order valence-electron chi connectivity index (χ3n) is 2.61. The van der Waals surface area contributed by atoms with Gasteiger partial charge < -0.3 is 33.7 Å². The summed E-state index contributed by atoms with van der Waals surface area (Å²) >= 11 is 0. The molecule has 0 aromatic carbocycles. The highest BCUT2D eigenvalue weighted by molar-refractivity contribution is 5.67. The molecule has 0 radical (unpaired) electrons. The predicted molar refractivity (Wildman–Crippen MR) is 98.3 cm³/mol. The summed E-state index contributed by atoms with van der Waals surface area (Å²) in [5.74, 6) is 0.685. The Balaban J connectivity index is 3.16. The zero-order chi connectivity index (χ0) is 19.7. The summed E-state index contributed by atoms with van der Waals surface area (Å²) in [6, 6.07) is 0. The molecule has 0 aliphatic heterocycles. The molecule has 0 aliphatic carbocycles. The Morgan fingerprint density at radius 1 is 0.808 bits per heavy atom. The Morgan fingerprint density at radius 3 is 1.65 bits per heavy atom. The lowest BCUT2D eigenvalue weighted by atomic mass is 10.2. The van der Waals surface area contributed by atoms with Crippen LogP contribution < -0.4 is 5.32 Å². The van der Waals surface area contributed by atoms with E-state index in [2.05, 4.69) is 11.9 Å². The fourth-order valence-electron chi connectivity index (χ4n) is 1.58. The lowest BCUT2D eigenvalue weighted by Gasteiger charge is -2.19. The number of allylic oxidation sites excluding steroid dienone is 1. The lowest BCUT2D eigenvalue weighted by Crippen LogP contribution is -2.34. The van der Waals surface area contributed by atoms with E-state index in [1.807, 2.05) is 20.8 Å². The first kappa shape index (κ1) is 24.7. The van der Waals surface area contributed by atoms with Crippen molar-refractivity contribution >= 4 is 6.09 Å². The lowest BCUT2D eigenvalue weighted by molar-refractivity contribution is -0.00696. The third kappa shape index (κ3) is 20.7. The van der Waals surface area contributed by atoms with E-state index in [1.54, 1.807) is 6.92 Å². The number of hydrogen-bond acceptors (Lipinski definition) is 7. The molecular formula is C18H35NO7. The van der Waals surface area contributed by atoms with Crippen LogP contribution in [0.15, 0.2) is 12.3 Å². The summed E-state index contributed by atoms with van der Waals surface area (Å²) in [6.45, 7) is 15.7. The molecule has 26 heavy (non-hydrogen) atoms. The maximum absolute atomic E-state index is 11.4. The third-order valence-corrected chi connectivity index (χ3v) is 2.61. The van der Waals surface area contributed by atoms with Gasteiger partial charge in [0.15, 0.2) is 0 Å². The van der Waals surface area contributed by atoms with Crippen molar-refractivity contribution in [3.63, 3.8) is 0 Å². The van der Waals surface area contributed by atoms with E-state index in [0.29, 0.717) is 71.8 Å². The van der Waals surface area contributed by atoms with E-state index >= 15 is 0 Å². The maximum Gasteiger partial charge on any atom is 0.407 e. The molecule has 8 nitrogen and oxygen atoms in total. The average Bonchev–Trinajstić information content (AvgIpc) is 2.52. The van der Waals surface area contributed by atoms with Crippen LogP contribution in [0.3, 0.4) is 0 Å². The molecule has 8 heteroatoms. The molecular weight excluding hydrogens is 342 g/mol. The van der Waals surface area contributed by atoms with E-state index in [0.717, 1.165) is 0 Å². The zero-order valence-corrected chi connectivity index (χ0v) is 16.6. The molecule has 1 amide bonds. The van der Waals surface area contributed by atoms with Gasteiger partial charge in [-0.05, 0) is 27.7 Å².